The number of carbonyl (C=O) groups excluding carboxylic acids is 1. The number of hydrogen-bond acceptors (Lipinski definition) is 3. The van der Waals surface area contributed by atoms with E-state index in [-0.39, 0.29) is 24.4 Å². The van der Waals surface area contributed by atoms with Gasteiger partial charge in [-0.05, 0) is 47.3 Å². The highest BCUT2D eigenvalue weighted by Crippen LogP contribution is 2.26. The zero-order chi connectivity index (χ0) is 17.6. The summed E-state index contributed by atoms with van der Waals surface area (Å²) in [6.07, 6.45) is 0. The van der Waals surface area contributed by atoms with Crippen molar-refractivity contribution in [2.75, 3.05) is 6.61 Å². The van der Waals surface area contributed by atoms with Crippen molar-refractivity contribution in [3.05, 3.63) is 87.3 Å². The largest absolute Gasteiger partial charge is 0.484 e. The molecule has 0 aliphatic carbocycles. The van der Waals surface area contributed by atoms with E-state index in [4.69, 9.17) is 16.3 Å². The summed E-state index contributed by atoms with van der Waals surface area (Å²) >= 11 is 7.42. The monoisotopic (exact) mass is 375 g/mol. The summed E-state index contributed by atoms with van der Waals surface area (Å²) in [7, 11) is 0. The van der Waals surface area contributed by atoms with E-state index in [9.17, 15) is 9.18 Å². The van der Waals surface area contributed by atoms with Gasteiger partial charge in [-0.1, -0.05) is 35.9 Å². The van der Waals surface area contributed by atoms with Gasteiger partial charge in [-0.3, -0.25) is 4.79 Å². The number of carbonyl (C=O) groups is 1. The second-order valence-electron chi connectivity index (χ2n) is 5.31. The van der Waals surface area contributed by atoms with Gasteiger partial charge < -0.3 is 10.1 Å². The van der Waals surface area contributed by atoms with Crippen molar-refractivity contribution >= 4 is 28.8 Å². The highest BCUT2D eigenvalue weighted by atomic mass is 35.5. The van der Waals surface area contributed by atoms with Gasteiger partial charge in [0.25, 0.3) is 5.91 Å². The Labute approximate surface area is 154 Å². The SMILES string of the molecule is O=C(COc1cccc(Cl)c1)N[C@H](c1ccc(F)cc1)c1cccs1. The molecule has 0 bridgehead atoms. The standard InChI is InChI=1S/C19H15ClFNO2S/c20-14-3-1-4-16(11-14)24-12-18(23)22-19(17-5-2-10-25-17)13-6-8-15(21)9-7-13/h1-11,19H,12H2,(H,22,23)/t19-/m1/s1. The summed E-state index contributed by atoms with van der Waals surface area (Å²) in [6.45, 7) is -0.136. The molecule has 1 aromatic heterocycles. The van der Waals surface area contributed by atoms with Crippen molar-refractivity contribution in [2.45, 2.75) is 6.04 Å². The maximum Gasteiger partial charge on any atom is 0.258 e. The van der Waals surface area contributed by atoms with Crippen LogP contribution in [0.15, 0.2) is 66.0 Å². The third-order valence-electron chi connectivity index (χ3n) is 3.50. The molecule has 0 saturated heterocycles. The van der Waals surface area contributed by atoms with Crippen LogP contribution in [-0.4, -0.2) is 12.5 Å². The third-order valence-corrected chi connectivity index (χ3v) is 4.67. The predicted molar refractivity (Wildman–Crippen MR) is 97.7 cm³/mol. The molecule has 2 aromatic carbocycles. The zero-order valence-corrected chi connectivity index (χ0v) is 14.7. The lowest BCUT2D eigenvalue weighted by atomic mass is 10.1. The Hall–Kier alpha value is -2.37. The van der Waals surface area contributed by atoms with Crippen LogP contribution < -0.4 is 10.1 Å². The van der Waals surface area contributed by atoms with Crippen molar-refractivity contribution in [1.82, 2.24) is 5.32 Å². The molecule has 3 rings (SSSR count). The molecule has 1 heterocycles. The first-order valence-electron chi connectivity index (χ1n) is 7.58. The number of ether oxygens (including phenoxy) is 1. The van der Waals surface area contributed by atoms with Crippen LogP contribution in [0, 0.1) is 5.82 Å². The molecule has 0 aliphatic heterocycles. The minimum atomic E-state index is -0.351. The summed E-state index contributed by atoms with van der Waals surface area (Å²) in [6, 6.07) is 16.4. The van der Waals surface area contributed by atoms with E-state index in [1.54, 1.807) is 36.4 Å². The topological polar surface area (TPSA) is 38.3 Å². The molecular weight excluding hydrogens is 361 g/mol. The lowest BCUT2D eigenvalue weighted by molar-refractivity contribution is -0.123. The van der Waals surface area contributed by atoms with Crippen molar-refractivity contribution in [2.24, 2.45) is 0 Å². The highest BCUT2D eigenvalue weighted by Gasteiger charge is 2.18. The smallest absolute Gasteiger partial charge is 0.258 e. The van der Waals surface area contributed by atoms with Crippen molar-refractivity contribution in [3.8, 4) is 5.75 Å². The van der Waals surface area contributed by atoms with Crippen LogP contribution in [0.4, 0.5) is 4.39 Å². The molecule has 3 aromatic rings. The van der Waals surface area contributed by atoms with Gasteiger partial charge in [0, 0.05) is 9.90 Å². The number of thiophene rings is 1. The van der Waals surface area contributed by atoms with Gasteiger partial charge in [-0.2, -0.15) is 0 Å². The van der Waals surface area contributed by atoms with Crippen LogP contribution in [0.2, 0.25) is 5.02 Å². The summed E-state index contributed by atoms with van der Waals surface area (Å²) in [4.78, 5) is 13.3. The van der Waals surface area contributed by atoms with E-state index in [1.165, 1.54) is 23.5 Å². The van der Waals surface area contributed by atoms with E-state index >= 15 is 0 Å². The molecule has 25 heavy (non-hydrogen) atoms. The second-order valence-corrected chi connectivity index (χ2v) is 6.73. The number of hydrogen-bond donors (Lipinski definition) is 1. The van der Waals surface area contributed by atoms with Crippen molar-refractivity contribution < 1.29 is 13.9 Å². The van der Waals surface area contributed by atoms with Crippen molar-refractivity contribution in [3.63, 3.8) is 0 Å². The van der Waals surface area contributed by atoms with E-state index in [0.717, 1.165) is 10.4 Å². The predicted octanol–water partition coefficient (Wildman–Crippen LogP) is 4.83. The molecule has 128 valence electrons. The quantitative estimate of drug-likeness (QED) is 0.670. The zero-order valence-electron chi connectivity index (χ0n) is 13.1. The first-order chi connectivity index (χ1) is 12.1. The van der Waals surface area contributed by atoms with Crippen LogP contribution in [-0.2, 0) is 4.79 Å². The highest BCUT2D eigenvalue weighted by molar-refractivity contribution is 7.10. The summed E-state index contributed by atoms with van der Waals surface area (Å²) in [5, 5.41) is 5.40. The fraction of sp³-hybridized carbons (Fsp3) is 0.105. The Bertz CT molecular complexity index is 837. The van der Waals surface area contributed by atoms with Gasteiger partial charge >= 0.3 is 0 Å². The third kappa shape index (κ3) is 4.81. The minimum Gasteiger partial charge on any atom is -0.484 e. The molecule has 3 nitrogen and oxygen atoms in total. The Morgan fingerprint density at radius 2 is 1.96 bits per heavy atom. The van der Waals surface area contributed by atoms with Crippen LogP contribution in [0.3, 0.4) is 0 Å². The molecule has 1 N–H and O–H groups in total. The van der Waals surface area contributed by atoms with E-state index in [2.05, 4.69) is 5.32 Å². The van der Waals surface area contributed by atoms with E-state index in [1.807, 2.05) is 17.5 Å². The molecule has 1 atom stereocenters. The number of halogens is 2. The molecule has 1 amide bonds. The van der Waals surface area contributed by atoms with Crippen LogP contribution >= 0.6 is 22.9 Å². The Morgan fingerprint density at radius 3 is 2.64 bits per heavy atom. The summed E-state index contributed by atoms with van der Waals surface area (Å²) in [5.41, 5.74) is 0.806. The average molecular weight is 376 g/mol. The second kappa shape index (κ2) is 8.14. The van der Waals surface area contributed by atoms with Gasteiger partial charge in [0.05, 0.1) is 6.04 Å². The van der Waals surface area contributed by atoms with Gasteiger partial charge in [-0.15, -0.1) is 11.3 Å². The number of rotatable bonds is 6. The molecule has 0 spiro atoms. The fourth-order valence-electron chi connectivity index (χ4n) is 2.34. The Morgan fingerprint density at radius 1 is 1.16 bits per heavy atom. The molecule has 0 fully saturated rings. The minimum absolute atomic E-state index is 0.136. The van der Waals surface area contributed by atoms with Gasteiger partial charge in [-0.25, -0.2) is 4.39 Å². The van der Waals surface area contributed by atoms with Crippen LogP contribution in [0.1, 0.15) is 16.5 Å². The molecular formula is C19H15ClFNO2S. The lowest BCUT2D eigenvalue weighted by Crippen LogP contribution is -2.32. The van der Waals surface area contributed by atoms with E-state index in [0.29, 0.717) is 10.8 Å². The molecule has 0 unspecified atom stereocenters. The van der Waals surface area contributed by atoms with Crippen LogP contribution in [0.25, 0.3) is 0 Å². The maximum absolute atomic E-state index is 13.2. The molecule has 0 saturated carbocycles. The fourth-order valence-corrected chi connectivity index (χ4v) is 3.32. The Balaban J connectivity index is 1.69. The lowest BCUT2D eigenvalue weighted by Gasteiger charge is -2.18. The normalized spacial score (nSPS) is 11.8. The Kier molecular flexibility index (Phi) is 5.68. The summed E-state index contributed by atoms with van der Waals surface area (Å²) < 4.78 is 18.6. The number of nitrogens with one attached hydrogen (secondary N) is 1. The first-order valence-corrected chi connectivity index (χ1v) is 8.84. The van der Waals surface area contributed by atoms with Gasteiger partial charge in [0.15, 0.2) is 6.61 Å². The van der Waals surface area contributed by atoms with Gasteiger partial charge in [0.1, 0.15) is 11.6 Å². The molecule has 0 aliphatic rings. The number of amides is 1. The maximum atomic E-state index is 13.2. The summed E-state index contributed by atoms with van der Waals surface area (Å²) in [5.74, 6) is -0.0656. The van der Waals surface area contributed by atoms with Crippen LogP contribution in [0.5, 0.6) is 5.75 Å². The van der Waals surface area contributed by atoms with Gasteiger partial charge in [0.2, 0.25) is 0 Å². The first kappa shape index (κ1) is 17.5. The van der Waals surface area contributed by atoms with E-state index < -0.39 is 0 Å². The number of benzene rings is 2. The van der Waals surface area contributed by atoms with Crippen molar-refractivity contribution in [1.29, 1.82) is 0 Å². The molecule has 0 radical (unpaired) electrons. The molecule has 6 heteroatoms. The average Bonchev–Trinajstić information content (AvgIpc) is 3.13.